The smallest absolute Gasteiger partial charge is 0.232 e. The van der Waals surface area contributed by atoms with Crippen LogP contribution in [0.1, 0.15) is 6.92 Å². The molecule has 0 unspecified atom stereocenters. The largest absolute Gasteiger partial charge is 0.475 e. The number of likely N-dealkylation sites (N-methyl/N-ethyl adjacent to an activating group) is 1. The number of piperazine rings is 1. The van der Waals surface area contributed by atoms with Crippen molar-refractivity contribution < 1.29 is 4.74 Å². The molecule has 1 fully saturated rings. The van der Waals surface area contributed by atoms with Crippen molar-refractivity contribution in [1.82, 2.24) is 24.8 Å². The number of pyridine rings is 1. The Morgan fingerprint density at radius 1 is 1.12 bits per heavy atom. The summed E-state index contributed by atoms with van der Waals surface area (Å²) in [5.74, 6) is 0.555. The van der Waals surface area contributed by atoms with Gasteiger partial charge in [0.1, 0.15) is 6.61 Å². The second-order valence-corrected chi connectivity index (χ2v) is 6.53. The van der Waals surface area contributed by atoms with Crippen molar-refractivity contribution in [3.63, 3.8) is 0 Å². The second-order valence-electron chi connectivity index (χ2n) is 6.53. The molecule has 0 aromatic carbocycles. The zero-order valence-electron chi connectivity index (χ0n) is 14.6. The lowest BCUT2D eigenvalue weighted by atomic mass is 10.1. The van der Waals surface area contributed by atoms with Crippen LogP contribution in [-0.2, 0) is 0 Å². The molecule has 4 rings (SSSR count). The molecule has 0 amide bonds. The summed E-state index contributed by atoms with van der Waals surface area (Å²) < 4.78 is 5.81. The fraction of sp³-hybridized carbons (Fsp3) is 0.444. The number of hydrogen-bond acceptors (Lipinski definition) is 7. The van der Waals surface area contributed by atoms with Crippen LogP contribution in [-0.4, -0.2) is 71.1 Å². The van der Waals surface area contributed by atoms with Crippen molar-refractivity contribution >= 4 is 5.70 Å². The normalized spacial score (nSPS) is 17.6. The third-order valence-electron chi connectivity index (χ3n) is 4.69. The first-order chi connectivity index (χ1) is 12.2. The summed E-state index contributed by atoms with van der Waals surface area (Å²) >= 11 is 0. The lowest BCUT2D eigenvalue weighted by molar-refractivity contribution is 0.132. The first-order valence-corrected chi connectivity index (χ1v) is 8.61. The van der Waals surface area contributed by atoms with Gasteiger partial charge in [-0.05, 0) is 20.0 Å². The van der Waals surface area contributed by atoms with E-state index in [0.29, 0.717) is 12.5 Å². The minimum absolute atomic E-state index is 0.555. The molecule has 2 aliphatic heterocycles. The Morgan fingerprint density at radius 3 is 2.76 bits per heavy atom. The van der Waals surface area contributed by atoms with Gasteiger partial charge in [0.25, 0.3) is 0 Å². The third kappa shape index (κ3) is 3.52. The topological polar surface area (TPSA) is 66.7 Å². The Bertz CT molecular complexity index is 889. The SMILES string of the molecule is CC1=c2cc(-c3cncc(OCCN4CCN(C)CC4)n3)cnc2=N1. The van der Waals surface area contributed by atoms with Crippen molar-refractivity contribution in [2.24, 2.45) is 4.99 Å². The first-order valence-electron chi connectivity index (χ1n) is 8.61. The summed E-state index contributed by atoms with van der Waals surface area (Å²) in [5, 5.41) is 1.08. The van der Waals surface area contributed by atoms with Gasteiger partial charge in [-0.25, -0.2) is 15.0 Å². The molecule has 0 bridgehead atoms. The number of rotatable bonds is 5. The molecule has 0 N–H and O–H groups in total. The van der Waals surface area contributed by atoms with Gasteiger partial charge in [0.15, 0.2) is 5.49 Å². The van der Waals surface area contributed by atoms with Gasteiger partial charge in [-0.3, -0.25) is 9.88 Å². The Labute approximate surface area is 146 Å². The van der Waals surface area contributed by atoms with E-state index in [1.54, 1.807) is 18.6 Å². The van der Waals surface area contributed by atoms with Crippen molar-refractivity contribution in [3.8, 4) is 17.1 Å². The summed E-state index contributed by atoms with van der Waals surface area (Å²) in [4.78, 5) is 22.2. The van der Waals surface area contributed by atoms with E-state index in [4.69, 9.17) is 4.74 Å². The average molecular weight is 338 g/mol. The van der Waals surface area contributed by atoms with Crippen LogP contribution >= 0.6 is 0 Å². The highest BCUT2D eigenvalue weighted by molar-refractivity contribution is 5.59. The third-order valence-corrected chi connectivity index (χ3v) is 4.69. The lowest BCUT2D eigenvalue weighted by Crippen LogP contribution is -2.45. The maximum atomic E-state index is 5.81. The van der Waals surface area contributed by atoms with Gasteiger partial charge in [-0.2, -0.15) is 0 Å². The maximum Gasteiger partial charge on any atom is 0.232 e. The van der Waals surface area contributed by atoms with Gasteiger partial charge >= 0.3 is 0 Å². The highest BCUT2D eigenvalue weighted by Crippen LogP contribution is 2.16. The number of nitrogens with zero attached hydrogens (tertiary/aromatic N) is 6. The van der Waals surface area contributed by atoms with E-state index in [1.807, 2.05) is 6.92 Å². The number of aromatic nitrogens is 3. The van der Waals surface area contributed by atoms with Crippen LogP contribution in [0, 0.1) is 0 Å². The molecule has 0 saturated carbocycles. The molecular weight excluding hydrogens is 316 g/mol. The van der Waals surface area contributed by atoms with Crippen LogP contribution in [0.15, 0.2) is 29.6 Å². The summed E-state index contributed by atoms with van der Waals surface area (Å²) in [6.07, 6.45) is 5.18. The Balaban J connectivity index is 1.39. The molecule has 0 atom stereocenters. The predicted molar refractivity (Wildman–Crippen MR) is 94.6 cm³/mol. The van der Waals surface area contributed by atoms with Gasteiger partial charge in [0.05, 0.1) is 23.8 Å². The molecule has 7 nitrogen and oxygen atoms in total. The molecule has 130 valence electrons. The number of fused-ring (bicyclic) bond motifs is 1. The molecule has 2 aromatic heterocycles. The molecule has 7 heteroatoms. The maximum absolute atomic E-state index is 5.81. The average Bonchev–Trinajstić information content (AvgIpc) is 2.63. The van der Waals surface area contributed by atoms with Gasteiger partial charge in [0, 0.05) is 49.7 Å². The van der Waals surface area contributed by atoms with E-state index in [2.05, 4.69) is 42.9 Å². The summed E-state index contributed by atoms with van der Waals surface area (Å²) in [6, 6.07) is 2.06. The molecule has 4 heterocycles. The van der Waals surface area contributed by atoms with E-state index in [0.717, 1.165) is 60.4 Å². The van der Waals surface area contributed by atoms with Crippen LogP contribution in [0.3, 0.4) is 0 Å². The second kappa shape index (κ2) is 6.85. The Morgan fingerprint density at radius 2 is 1.96 bits per heavy atom. The van der Waals surface area contributed by atoms with Crippen molar-refractivity contribution in [2.75, 3.05) is 46.4 Å². The van der Waals surface area contributed by atoms with Crippen molar-refractivity contribution in [1.29, 1.82) is 0 Å². The van der Waals surface area contributed by atoms with E-state index < -0.39 is 0 Å². The highest BCUT2D eigenvalue weighted by atomic mass is 16.5. The summed E-state index contributed by atoms with van der Waals surface area (Å²) in [7, 11) is 2.16. The van der Waals surface area contributed by atoms with E-state index in [-0.39, 0.29) is 0 Å². The van der Waals surface area contributed by atoms with Crippen LogP contribution in [0.25, 0.3) is 17.0 Å². The Hall–Kier alpha value is -2.38. The first kappa shape index (κ1) is 16.1. The molecule has 0 aliphatic carbocycles. The molecule has 0 radical (unpaired) electrons. The van der Waals surface area contributed by atoms with Gasteiger partial charge < -0.3 is 9.64 Å². The van der Waals surface area contributed by atoms with Gasteiger partial charge in [-0.15, -0.1) is 0 Å². The number of ether oxygens (including phenoxy) is 1. The molecule has 0 spiro atoms. The highest BCUT2D eigenvalue weighted by Gasteiger charge is 2.13. The van der Waals surface area contributed by atoms with E-state index in [1.165, 1.54) is 0 Å². The minimum Gasteiger partial charge on any atom is -0.475 e. The van der Waals surface area contributed by atoms with Gasteiger partial charge in [-0.1, -0.05) is 0 Å². The van der Waals surface area contributed by atoms with Crippen LogP contribution in [0.5, 0.6) is 5.88 Å². The molecule has 1 saturated heterocycles. The Kier molecular flexibility index (Phi) is 4.42. The van der Waals surface area contributed by atoms with Crippen molar-refractivity contribution in [3.05, 3.63) is 35.4 Å². The molecule has 2 aromatic rings. The van der Waals surface area contributed by atoms with Crippen LogP contribution < -0.4 is 15.4 Å². The quantitative estimate of drug-likeness (QED) is 0.760. The zero-order chi connectivity index (χ0) is 17.2. The monoisotopic (exact) mass is 338 g/mol. The van der Waals surface area contributed by atoms with E-state index >= 15 is 0 Å². The minimum atomic E-state index is 0.555. The molecule has 25 heavy (non-hydrogen) atoms. The fourth-order valence-corrected chi connectivity index (χ4v) is 3.03. The fourth-order valence-electron chi connectivity index (χ4n) is 3.03. The standard InChI is InChI=1S/C18H22N6O/c1-13-15-9-14(10-20-18(15)21-13)16-11-19-12-17(22-16)25-8-7-24-5-3-23(2)4-6-24/h9-12H,3-8H2,1-2H3. The summed E-state index contributed by atoms with van der Waals surface area (Å²) in [5.41, 5.74) is 3.52. The molecular formula is C18H22N6O. The number of hydrogen-bond donors (Lipinski definition) is 0. The van der Waals surface area contributed by atoms with E-state index in [9.17, 15) is 0 Å². The summed E-state index contributed by atoms with van der Waals surface area (Å²) in [6.45, 7) is 7.93. The van der Waals surface area contributed by atoms with Crippen LogP contribution in [0.4, 0.5) is 0 Å². The van der Waals surface area contributed by atoms with Gasteiger partial charge in [0.2, 0.25) is 5.88 Å². The molecule has 2 aliphatic rings. The lowest BCUT2D eigenvalue weighted by Gasteiger charge is -2.32. The van der Waals surface area contributed by atoms with Crippen molar-refractivity contribution in [2.45, 2.75) is 6.92 Å². The van der Waals surface area contributed by atoms with Crippen LogP contribution in [0.2, 0.25) is 0 Å². The predicted octanol–water partition coefficient (Wildman–Crippen LogP) is -0.0739. The zero-order valence-corrected chi connectivity index (χ0v) is 14.6.